The number of hydrogen-bond acceptors (Lipinski definition) is 7. The van der Waals surface area contributed by atoms with Crippen molar-refractivity contribution in [2.45, 2.75) is 32.2 Å². The summed E-state index contributed by atoms with van der Waals surface area (Å²) in [6.45, 7) is 4.16. The Hall–Kier alpha value is -2.41. The number of rotatable bonds is 8. The lowest BCUT2D eigenvalue weighted by Crippen LogP contribution is -2.19. The number of aliphatic hydroxyl groups is 1. The van der Waals surface area contributed by atoms with E-state index in [4.69, 9.17) is 4.74 Å². The Bertz CT molecular complexity index is 647. The third-order valence-electron chi connectivity index (χ3n) is 3.80. The lowest BCUT2D eigenvalue weighted by atomic mass is 10.0. The Morgan fingerprint density at radius 2 is 1.80 bits per heavy atom. The van der Waals surface area contributed by atoms with Crippen molar-refractivity contribution in [1.82, 2.24) is 15.0 Å². The Morgan fingerprint density at radius 1 is 1.12 bits per heavy atom. The summed E-state index contributed by atoms with van der Waals surface area (Å²) in [6.07, 6.45) is 0.548. The van der Waals surface area contributed by atoms with Crippen molar-refractivity contribution >= 4 is 11.9 Å². The standard InChI is InChI=1S/C18H27N5O2/c1-12(2)16-20-17(22-18(21-16)23(3)4)19-15(10-11-24)13-6-8-14(25-5)9-7-13/h6-9,12,15,24H,10-11H2,1-5H3,(H,19,20,21,22). The van der Waals surface area contributed by atoms with Crippen LogP contribution in [0.4, 0.5) is 11.9 Å². The first-order chi connectivity index (χ1) is 11.9. The van der Waals surface area contributed by atoms with Crippen LogP contribution >= 0.6 is 0 Å². The Morgan fingerprint density at radius 3 is 2.32 bits per heavy atom. The largest absolute Gasteiger partial charge is 0.497 e. The van der Waals surface area contributed by atoms with E-state index >= 15 is 0 Å². The molecule has 2 rings (SSSR count). The Balaban J connectivity index is 2.31. The van der Waals surface area contributed by atoms with E-state index in [1.807, 2.05) is 57.1 Å². The number of aliphatic hydroxyl groups excluding tert-OH is 1. The molecule has 1 heterocycles. The van der Waals surface area contributed by atoms with Crippen molar-refractivity contribution < 1.29 is 9.84 Å². The number of nitrogens with one attached hydrogen (secondary N) is 1. The van der Waals surface area contributed by atoms with Gasteiger partial charge in [-0.1, -0.05) is 26.0 Å². The number of aromatic nitrogens is 3. The molecule has 25 heavy (non-hydrogen) atoms. The summed E-state index contributed by atoms with van der Waals surface area (Å²) in [5, 5.41) is 12.8. The van der Waals surface area contributed by atoms with Crippen molar-refractivity contribution in [2.75, 3.05) is 38.0 Å². The van der Waals surface area contributed by atoms with Gasteiger partial charge in [0, 0.05) is 26.6 Å². The number of ether oxygens (including phenoxy) is 1. The molecule has 0 saturated carbocycles. The van der Waals surface area contributed by atoms with Crippen molar-refractivity contribution in [2.24, 2.45) is 0 Å². The minimum atomic E-state index is -0.103. The summed E-state index contributed by atoms with van der Waals surface area (Å²) in [5.74, 6) is 2.84. The molecule has 0 fully saturated rings. The molecule has 0 saturated heterocycles. The molecule has 1 aromatic heterocycles. The van der Waals surface area contributed by atoms with E-state index in [0.717, 1.165) is 17.1 Å². The molecule has 7 heteroatoms. The summed E-state index contributed by atoms with van der Waals surface area (Å²) in [4.78, 5) is 15.3. The van der Waals surface area contributed by atoms with Crippen LogP contribution in [0.25, 0.3) is 0 Å². The smallest absolute Gasteiger partial charge is 0.229 e. The third kappa shape index (κ3) is 5.03. The molecule has 1 unspecified atom stereocenters. The van der Waals surface area contributed by atoms with E-state index in [2.05, 4.69) is 20.3 Å². The maximum atomic E-state index is 9.44. The van der Waals surface area contributed by atoms with E-state index < -0.39 is 0 Å². The topological polar surface area (TPSA) is 83.4 Å². The average molecular weight is 345 g/mol. The fourth-order valence-corrected chi connectivity index (χ4v) is 2.35. The number of methoxy groups -OCH3 is 1. The van der Waals surface area contributed by atoms with E-state index in [1.165, 1.54) is 0 Å². The van der Waals surface area contributed by atoms with E-state index in [1.54, 1.807) is 7.11 Å². The second kappa shape index (κ2) is 8.62. The van der Waals surface area contributed by atoms with Crippen LogP contribution in [0.3, 0.4) is 0 Å². The number of benzene rings is 1. The van der Waals surface area contributed by atoms with Crippen LogP contribution in [0, 0.1) is 0 Å². The van der Waals surface area contributed by atoms with Crippen LogP contribution in [0.5, 0.6) is 5.75 Å². The molecule has 2 N–H and O–H groups in total. The van der Waals surface area contributed by atoms with E-state index in [-0.39, 0.29) is 18.6 Å². The third-order valence-corrected chi connectivity index (χ3v) is 3.80. The number of anilines is 2. The first kappa shape index (κ1) is 18.9. The van der Waals surface area contributed by atoms with Gasteiger partial charge in [-0.25, -0.2) is 0 Å². The van der Waals surface area contributed by atoms with Gasteiger partial charge < -0.3 is 20.1 Å². The maximum absolute atomic E-state index is 9.44. The Kier molecular flexibility index (Phi) is 6.52. The number of nitrogens with zero attached hydrogens (tertiary/aromatic N) is 4. The van der Waals surface area contributed by atoms with Crippen LogP contribution in [0.1, 0.15) is 43.6 Å². The molecule has 1 aromatic carbocycles. The van der Waals surface area contributed by atoms with Gasteiger partial charge in [-0.3, -0.25) is 0 Å². The monoisotopic (exact) mass is 345 g/mol. The van der Waals surface area contributed by atoms with Gasteiger partial charge in [0.25, 0.3) is 0 Å². The number of hydrogen-bond donors (Lipinski definition) is 2. The van der Waals surface area contributed by atoms with Gasteiger partial charge in [-0.15, -0.1) is 0 Å². The van der Waals surface area contributed by atoms with Crippen LogP contribution in [0.15, 0.2) is 24.3 Å². The highest BCUT2D eigenvalue weighted by molar-refractivity contribution is 5.39. The summed E-state index contributed by atoms with van der Waals surface area (Å²) in [5.41, 5.74) is 1.03. The van der Waals surface area contributed by atoms with Gasteiger partial charge in [-0.2, -0.15) is 15.0 Å². The quantitative estimate of drug-likeness (QED) is 0.761. The summed E-state index contributed by atoms with van der Waals surface area (Å²) >= 11 is 0. The SMILES string of the molecule is COc1ccc(C(CCO)Nc2nc(C(C)C)nc(N(C)C)n2)cc1. The highest BCUT2D eigenvalue weighted by Crippen LogP contribution is 2.24. The highest BCUT2D eigenvalue weighted by Gasteiger charge is 2.16. The molecule has 0 radical (unpaired) electrons. The molecule has 136 valence electrons. The molecule has 1 atom stereocenters. The van der Waals surface area contributed by atoms with Crippen molar-refractivity contribution in [1.29, 1.82) is 0 Å². The van der Waals surface area contributed by atoms with Crippen molar-refractivity contribution in [3.8, 4) is 5.75 Å². The molecule has 0 spiro atoms. The zero-order valence-corrected chi connectivity index (χ0v) is 15.5. The fraction of sp³-hybridized carbons (Fsp3) is 0.500. The average Bonchev–Trinajstić information content (AvgIpc) is 2.61. The van der Waals surface area contributed by atoms with E-state index in [0.29, 0.717) is 18.3 Å². The molecule has 0 amide bonds. The van der Waals surface area contributed by atoms with Crippen LogP contribution in [0.2, 0.25) is 0 Å². The van der Waals surface area contributed by atoms with Crippen LogP contribution < -0.4 is 15.0 Å². The molecular weight excluding hydrogens is 318 g/mol. The van der Waals surface area contributed by atoms with Crippen LogP contribution in [-0.2, 0) is 0 Å². The molecule has 0 aliphatic heterocycles. The summed E-state index contributed by atoms with van der Waals surface area (Å²) in [7, 11) is 5.44. The minimum Gasteiger partial charge on any atom is -0.497 e. The van der Waals surface area contributed by atoms with Crippen molar-refractivity contribution in [3.05, 3.63) is 35.7 Å². The Labute approximate surface area is 149 Å². The normalized spacial score (nSPS) is 12.1. The van der Waals surface area contributed by atoms with Gasteiger partial charge in [0.15, 0.2) is 0 Å². The molecule has 2 aromatic rings. The second-order valence-electron chi connectivity index (χ2n) is 6.35. The first-order valence-corrected chi connectivity index (χ1v) is 8.39. The zero-order valence-electron chi connectivity index (χ0n) is 15.5. The van der Waals surface area contributed by atoms with Crippen LogP contribution in [-0.4, -0.2) is 47.9 Å². The lowest BCUT2D eigenvalue weighted by Gasteiger charge is -2.20. The summed E-state index contributed by atoms with van der Waals surface area (Å²) < 4.78 is 5.20. The lowest BCUT2D eigenvalue weighted by molar-refractivity contribution is 0.279. The fourth-order valence-electron chi connectivity index (χ4n) is 2.35. The second-order valence-corrected chi connectivity index (χ2v) is 6.35. The van der Waals surface area contributed by atoms with Gasteiger partial charge >= 0.3 is 0 Å². The van der Waals surface area contributed by atoms with Gasteiger partial charge in [0.1, 0.15) is 11.6 Å². The van der Waals surface area contributed by atoms with E-state index in [9.17, 15) is 5.11 Å². The first-order valence-electron chi connectivity index (χ1n) is 8.39. The zero-order chi connectivity index (χ0) is 18.4. The molecule has 0 aliphatic rings. The highest BCUT2D eigenvalue weighted by atomic mass is 16.5. The van der Waals surface area contributed by atoms with Gasteiger partial charge in [0.2, 0.25) is 11.9 Å². The molecule has 0 aliphatic carbocycles. The molecule has 7 nitrogen and oxygen atoms in total. The summed E-state index contributed by atoms with van der Waals surface area (Å²) in [6, 6.07) is 7.65. The van der Waals surface area contributed by atoms with Gasteiger partial charge in [-0.05, 0) is 24.1 Å². The predicted octanol–water partition coefficient (Wildman–Crippen LogP) is 2.61. The maximum Gasteiger partial charge on any atom is 0.229 e. The predicted molar refractivity (Wildman–Crippen MR) is 99.3 cm³/mol. The minimum absolute atomic E-state index is 0.0619. The van der Waals surface area contributed by atoms with Gasteiger partial charge in [0.05, 0.1) is 13.2 Å². The molecule has 0 bridgehead atoms. The molecular formula is C18H27N5O2. The van der Waals surface area contributed by atoms with Crippen molar-refractivity contribution in [3.63, 3.8) is 0 Å².